The highest BCUT2D eigenvalue weighted by atomic mass is 32.1. The van der Waals surface area contributed by atoms with Crippen molar-refractivity contribution >= 4 is 92.2 Å². The summed E-state index contributed by atoms with van der Waals surface area (Å²) in [7, 11) is 0. The normalized spacial score (nSPS) is 11.8. The topological polar surface area (TPSA) is 42.2 Å². The van der Waals surface area contributed by atoms with Crippen LogP contribution in [0.2, 0.25) is 0 Å². The molecule has 3 aromatic heterocycles. The van der Waals surface area contributed by atoms with E-state index in [-0.39, 0.29) is 0 Å². The van der Waals surface area contributed by atoms with Crippen LogP contribution < -0.4 is 4.90 Å². The Morgan fingerprint density at radius 1 is 0.472 bits per heavy atom. The Bertz CT molecular complexity index is 3120. The number of aromatic nitrogens is 2. The molecule has 0 amide bonds. The van der Waals surface area contributed by atoms with Gasteiger partial charge < -0.3 is 9.32 Å². The summed E-state index contributed by atoms with van der Waals surface area (Å²) in [5, 5.41) is 7.90. The van der Waals surface area contributed by atoms with Gasteiger partial charge in [-0.1, -0.05) is 127 Å². The quantitative estimate of drug-likeness (QED) is 0.180. The van der Waals surface area contributed by atoms with Crippen molar-refractivity contribution < 1.29 is 4.42 Å². The van der Waals surface area contributed by atoms with Crippen molar-refractivity contribution in [3.63, 3.8) is 0 Å². The van der Waals surface area contributed by atoms with Crippen LogP contribution in [0.5, 0.6) is 0 Å². The molecule has 0 aliphatic heterocycles. The number of hydrogen-bond acceptors (Lipinski definition) is 5. The molecule has 8 aromatic carbocycles. The predicted octanol–water partition coefficient (Wildman–Crippen LogP) is 13.9. The maximum atomic E-state index is 6.70. The number of para-hydroxylation sites is 1. The second kappa shape index (κ2) is 11.9. The maximum absolute atomic E-state index is 6.70. The fraction of sp³-hybridized carbons (Fsp3) is 0. The van der Waals surface area contributed by atoms with Gasteiger partial charge >= 0.3 is 0 Å². The van der Waals surface area contributed by atoms with Gasteiger partial charge in [0.1, 0.15) is 11.2 Å². The summed E-state index contributed by atoms with van der Waals surface area (Å²) in [5.41, 5.74) is 8.53. The third-order valence-corrected chi connectivity index (χ3v) is 11.4. The lowest BCUT2D eigenvalue weighted by Gasteiger charge is -2.27. The van der Waals surface area contributed by atoms with Crippen molar-refractivity contribution in [2.45, 2.75) is 0 Å². The molecular formula is C48H29N3OS. The highest BCUT2D eigenvalue weighted by Gasteiger charge is 2.23. The smallest absolute Gasteiger partial charge is 0.161 e. The number of furan rings is 1. The van der Waals surface area contributed by atoms with Gasteiger partial charge in [0, 0.05) is 49.4 Å². The predicted molar refractivity (Wildman–Crippen MR) is 223 cm³/mol. The third kappa shape index (κ3) is 4.90. The minimum Gasteiger partial charge on any atom is -0.456 e. The standard InChI is InChI=1S/C48H29N3OS/c1-2-14-32(15-3-1)45-47-46(39-19-9-11-21-43(39)53-47)50-48(49-45)40-28-37(29-42-44(40)38-18-8-10-20-41(38)52-42)51(35-24-22-30-12-4-6-16-33(30)26-35)36-25-23-31-13-5-7-17-34(31)27-36/h1-29H. The molecule has 248 valence electrons. The number of anilines is 3. The SMILES string of the molecule is c1ccc(-c2nc(-c3cc(N(c4ccc5ccccc5c4)c4ccc5ccccc5c4)cc4oc5ccccc5c34)nc3c2sc2ccccc23)cc1. The van der Waals surface area contributed by atoms with Gasteiger partial charge in [-0.05, 0) is 64.0 Å². The Balaban J connectivity index is 1.24. The molecule has 4 nitrogen and oxygen atoms in total. The average Bonchev–Trinajstić information content (AvgIpc) is 3.79. The van der Waals surface area contributed by atoms with Crippen LogP contribution in [0, 0.1) is 0 Å². The molecule has 0 bridgehead atoms. The van der Waals surface area contributed by atoms with Gasteiger partial charge in [-0.25, -0.2) is 9.97 Å². The Morgan fingerprint density at radius 2 is 1.09 bits per heavy atom. The van der Waals surface area contributed by atoms with E-state index >= 15 is 0 Å². The van der Waals surface area contributed by atoms with Crippen LogP contribution in [-0.2, 0) is 0 Å². The van der Waals surface area contributed by atoms with Gasteiger partial charge in [-0.3, -0.25) is 0 Å². The Kier molecular flexibility index (Phi) is 6.69. The van der Waals surface area contributed by atoms with Crippen molar-refractivity contribution in [3.8, 4) is 22.6 Å². The molecule has 0 aliphatic carbocycles. The molecule has 0 N–H and O–H groups in total. The molecule has 0 atom stereocenters. The largest absolute Gasteiger partial charge is 0.456 e. The fourth-order valence-corrected chi connectivity index (χ4v) is 8.88. The first-order valence-corrected chi connectivity index (χ1v) is 18.5. The summed E-state index contributed by atoms with van der Waals surface area (Å²) < 4.78 is 8.97. The maximum Gasteiger partial charge on any atom is 0.161 e. The van der Waals surface area contributed by atoms with Crippen LogP contribution >= 0.6 is 11.3 Å². The van der Waals surface area contributed by atoms with Crippen LogP contribution in [0.1, 0.15) is 0 Å². The van der Waals surface area contributed by atoms with Gasteiger partial charge in [0.2, 0.25) is 0 Å². The van der Waals surface area contributed by atoms with E-state index in [1.807, 2.05) is 18.2 Å². The average molecular weight is 696 g/mol. The molecule has 11 aromatic rings. The zero-order valence-electron chi connectivity index (χ0n) is 28.4. The first-order valence-electron chi connectivity index (χ1n) is 17.7. The van der Waals surface area contributed by atoms with E-state index in [1.54, 1.807) is 11.3 Å². The highest BCUT2D eigenvalue weighted by molar-refractivity contribution is 7.26. The summed E-state index contributed by atoms with van der Waals surface area (Å²) in [6.07, 6.45) is 0. The molecule has 0 saturated carbocycles. The Morgan fingerprint density at radius 3 is 1.83 bits per heavy atom. The van der Waals surface area contributed by atoms with Gasteiger partial charge in [-0.2, -0.15) is 0 Å². The summed E-state index contributed by atoms with van der Waals surface area (Å²) in [4.78, 5) is 13.2. The minimum absolute atomic E-state index is 0.662. The molecule has 0 spiro atoms. The van der Waals surface area contributed by atoms with Crippen LogP contribution in [0.3, 0.4) is 0 Å². The zero-order chi connectivity index (χ0) is 34.9. The second-order valence-electron chi connectivity index (χ2n) is 13.4. The monoisotopic (exact) mass is 695 g/mol. The lowest BCUT2D eigenvalue weighted by Crippen LogP contribution is -2.10. The summed E-state index contributed by atoms with van der Waals surface area (Å²) in [5.74, 6) is 0.662. The van der Waals surface area contributed by atoms with Crippen LogP contribution in [0.4, 0.5) is 17.1 Å². The van der Waals surface area contributed by atoms with E-state index in [4.69, 9.17) is 14.4 Å². The molecule has 53 heavy (non-hydrogen) atoms. The fourth-order valence-electron chi connectivity index (χ4n) is 7.73. The Labute approximate surface area is 308 Å². The first kappa shape index (κ1) is 29.9. The Hall–Kier alpha value is -6.82. The van der Waals surface area contributed by atoms with Gasteiger partial charge in [0.05, 0.1) is 21.6 Å². The number of nitrogens with zero attached hydrogens (tertiary/aromatic N) is 3. The number of fused-ring (bicyclic) bond motifs is 8. The number of hydrogen-bond donors (Lipinski definition) is 0. The van der Waals surface area contributed by atoms with Crippen LogP contribution in [-0.4, -0.2) is 9.97 Å². The van der Waals surface area contributed by atoms with E-state index in [9.17, 15) is 0 Å². The van der Waals surface area contributed by atoms with Gasteiger partial charge in [-0.15, -0.1) is 11.3 Å². The van der Waals surface area contributed by atoms with Gasteiger partial charge in [0.15, 0.2) is 5.82 Å². The summed E-state index contributed by atoms with van der Waals surface area (Å²) >= 11 is 1.75. The first-order chi connectivity index (χ1) is 26.2. The van der Waals surface area contributed by atoms with Gasteiger partial charge in [0.25, 0.3) is 0 Å². The van der Waals surface area contributed by atoms with E-state index in [0.29, 0.717) is 5.82 Å². The van der Waals surface area contributed by atoms with E-state index in [1.165, 1.54) is 26.2 Å². The molecule has 5 heteroatoms. The minimum atomic E-state index is 0.662. The molecular weight excluding hydrogens is 667 g/mol. The van der Waals surface area contributed by atoms with Crippen molar-refractivity contribution in [3.05, 3.63) is 176 Å². The molecule has 11 rings (SSSR count). The number of benzene rings is 8. The van der Waals surface area contributed by atoms with Crippen molar-refractivity contribution in [1.82, 2.24) is 9.97 Å². The van der Waals surface area contributed by atoms with Crippen molar-refractivity contribution in [2.24, 2.45) is 0 Å². The summed E-state index contributed by atoms with van der Waals surface area (Å²) in [6.45, 7) is 0. The van der Waals surface area contributed by atoms with Crippen LogP contribution in [0.15, 0.2) is 180 Å². The highest BCUT2D eigenvalue weighted by Crippen LogP contribution is 2.46. The van der Waals surface area contributed by atoms with Crippen molar-refractivity contribution in [2.75, 3.05) is 4.90 Å². The summed E-state index contributed by atoms with van der Waals surface area (Å²) in [6, 6.07) is 62.0. The van der Waals surface area contributed by atoms with Crippen LogP contribution in [0.25, 0.3) is 86.4 Å². The molecule has 0 radical (unpaired) electrons. The molecule has 0 fully saturated rings. The van der Waals surface area contributed by atoms with E-state index < -0.39 is 0 Å². The molecule has 3 heterocycles. The lowest BCUT2D eigenvalue weighted by molar-refractivity contribution is 0.669. The van der Waals surface area contributed by atoms with Crippen molar-refractivity contribution in [1.29, 1.82) is 0 Å². The molecule has 0 saturated heterocycles. The third-order valence-electron chi connectivity index (χ3n) is 10.2. The van der Waals surface area contributed by atoms with E-state index in [0.717, 1.165) is 71.4 Å². The number of thiophene rings is 1. The lowest BCUT2D eigenvalue weighted by atomic mass is 10.0. The zero-order valence-corrected chi connectivity index (χ0v) is 29.2. The molecule has 0 unspecified atom stereocenters. The van der Waals surface area contributed by atoms with E-state index in [2.05, 4.69) is 163 Å². The molecule has 0 aliphatic rings. The number of rotatable bonds is 5. The second-order valence-corrected chi connectivity index (χ2v) is 14.5.